The first-order chi connectivity index (χ1) is 12.0. The van der Waals surface area contributed by atoms with E-state index in [-0.39, 0.29) is 13.1 Å². The van der Waals surface area contributed by atoms with Crippen LogP contribution in [0.3, 0.4) is 0 Å². The van der Waals surface area contributed by atoms with E-state index in [1.165, 1.54) is 19.5 Å². The molecule has 2 aromatic rings. The van der Waals surface area contributed by atoms with Gasteiger partial charge in [0.1, 0.15) is 5.75 Å². The van der Waals surface area contributed by atoms with E-state index in [2.05, 4.69) is 4.98 Å². The average molecular weight is 360 g/mol. The van der Waals surface area contributed by atoms with Gasteiger partial charge in [0.05, 0.1) is 25.2 Å². The molecule has 0 N–H and O–H groups in total. The van der Waals surface area contributed by atoms with Crippen LogP contribution in [0.5, 0.6) is 5.75 Å². The number of carbonyl (C=O) groups is 3. The molecule has 4 amide bonds. The second kappa shape index (κ2) is 6.90. The number of methoxy groups -OCH3 is 1. The Balaban J connectivity index is 1.80. The second-order valence-electron chi connectivity index (χ2n) is 5.38. The van der Waals surface area contributed by atoms with Crippen molar-refractivity contribution in [2.24, 2.45) is 0 Å². The highest BCUT2D eigenvalue weighted by Gasteiger charge is 2.44. The molecule has 1 aliphatic heterocycles. The van der Waals surface area contributed by atoms with Crippen molar-refractivity contribution < 1.29 is 19.1 Å². The number of imide groups is 2. The van der Waals surface area contributed by atoms with Crippen molar-refractivity contribution in [3.8, 4) is 5.75 Å². The lowest BCUT2D eigenvalue weighted by Gasteiger charge is -2.16. The molecule has 1 saturated heterocycles. The van der Waals surface area contributed by atoms with E-state index in [9.17, 15) is 14.4 Å². The monoisotopic (exact) mass is 359 g/mol. The number of carbonyl (C=O) groups excluding carboxylic acids is 3. The minimum Gasteiger partial charge on any atom is -0.497 e. The summed E-state index contributed by atoms with van der Waals surface area (Å²) in [7, 11) is 1.52. The van der Waals surface area contributed by atoms with Gasteiger partial charge in [-0.2, -0.15) is 0 Å². The molecule has 3 rings (SSSR count). The highest BCUT2D eigenvalue weighted by Crippen LogP contribution is 2.22. The zero-order valence-electron chi connectivity index (χ0n) is 13.3. The fourth-order valence-electron chi connectivity index (χ4n) is 2.49. The molecule has 7 nitrogen and oxygen atoms in total. The van der Waals surface area contributed by atoms with Crippen LogP contribution in [0, 0.1) is 0 Å². The number of ether oxygens (including phenoxy) is 1. The van der Waals surface area contributed by atoms with E-state index < -0.39 is 17.8 Å². The van der Waals surface area contributed by atoms with Gasteiger partial charge in [-0.3, -0.25) is 24.4 Å². The zero-order valence-corrected chi connectivity index (χ0v) is 14.1. The van der Waals surface area contributed by atoms with Gasteiger partial charge in [0.2, 0.25) is 0 Å². The number of amides is 4. The predicted molar refractivity (Wildman–Crippen MR) is 88.7 cm³/mol. The molecule has 8 heteroatoms. The maximum Gasteiger partial charge on any atom is 0.334 e. The number of benzene rings is 1. The Hall–Kier alpha value is -2.93. The van der Waals surface area contributed by atoms with Gasteiger partial charge in [-0.15, -0.1) is 0 Å². The topological polar surface area (TPSA) is 79.8 Å². The van der Waals surface area contributed by atoms with Crippen molar-refractivity contribution in [2.75, 3.05) is 7.11 Å². The van der Waals surface area contributed by atoms with Crippen molar-refractivity contribution >= 4 is 29.4 Å². The van der Waals surface area contributed by atoms with Crippen LogP contribution in [-0.2, 0) is 22.7 Å². The lowest BCUT2D eigenvalue weighted by molar-refractivity contribution is -0.143. The highest BCUT2D eigenvalue weighted by atomic mass is 35.5. The van der Waals surface area contributed by atoms with Gasteiger partial charge in [0.15, 0.2) is 0 Å². The summed E-state index contributed by atoms with van der Waals surface area (Å²) in [6, 6.07) is 7.86. The largest absolute Gasteiger partial charge is 0.497 e. The van der Waals surface area contributed by atoms with E-state index in [4.69, 9.17) is 16.3 Å². The Morgan fingerprint density at radius 1 is 1.08 bits per heavy atom. The molecular formula is C17H14ClN3O4. The van der Waals surface area contributed by atoms with Crippen molar-refractivity contribution in [3.05, 3.63) is 58.9 Å². The second-order valence-corrected chi connectivity index (χ2v) is 5.79. The molecule has 0 spiro atoms. The molecule has 0 bridgehead atoms. The summed E-state index contributed by atoms with van der Waals surface area (Å²) in [5.41, 5.74) is 1.21. The van der Waals surface area contributed by atoms with Crippen molar-refractivity contribution in [1.82, 2.24) is 14.8 Å². The summed E-state index contributed by atoms with van der Waals surface area (Å²) < 4.78 is 5.12. The minimum atomic E-state index is -0.874. The van der Waals surface area contributed by atoms with Crippen molar-refractivity contribution in [2.45, 2.75) is 13.1 Å². The standard InChI is InChI=1S/C17H14ClN3O4/c1-25-13-4-2-3-11(7-13)9-20-15(22)16(23)21(17(20)24)10-12-5-6-19-8-14(12)18/h2-8H,9-10H2,1H3. The van der Waals surface area contributed by atoms with Crippen molar-refractivity contribution in [3.63, 3.8) is 0 Å². The van der Waals surface area contributed by atoms with Gasteiger partial charge in [0, 0.05) is 12.4 Å². The van der Waals surface area contributed by atoms with E-state index in [1.807, 2.05) is 0 Å². The van der Waals surface area contributed by atoms with E-state index in [1.54, 1.807) is 30.3 Å². The average Bonchev–Trinajstić information content (AvgIpc) is 2.82. The third-order valence-electron chi connectivity index (χ3n) is 3.79. The number of pyridine rings is 1. The number of nitrogens with zero attached hydrogens (tertiary/aromatic N) is 3. The summed E-state index contributed by atoms with van der Waals surface area (Å²) in [6.07, 6.45) is 2.92. The predicted octanol–water partition coefficient (Wildman–Crippen LogP) is 2.23. The third-order valence-corrected chi connectivity index (χ3v) is 4.14. The fraction of sp³-hybridized carbons (Fsp3) is 0.176. The molecule has 0 unspecified atom stereocenters. The number of hydrogen-bond donors (Lipinski definition) is 0. The van der Waals surface area contributed by atoms with Gasteiger partial charge < -0.3 is 4.74 Å². The van der Waals surface area contributed by atoms with Crippen LogP contribution in [0.1, 0.15) is 11.1 Å². The molecule has 1 aromatic carbocycles. The Bertz CT molecular complexity index is 855. The first-order valence-electron chi connectivity index (χ1n) is 7.40. The Kier molecular flexibility index (Phi) is 4.67. The molecule has 0 saturated carbocycles. The molecule has 25 heavy (non-hydrogen) atoms. The maximum absolute atomic E-state index is 12.5. The summed E-state index contributed by atoms with van der Waals surface area (Å²) in [5, 5.41) is 0.321. The SMILES string of the molecule is COc1cccc(CN2C(=O)C(=O)N(Cc3ccncc3Cl)C2=O)c1. The van der Waals surface area contributed by atoms with Crippen LogP contribution in [0.2, 0.25) is 5.02 Å². The summed E-state index contributed by atoms with van der Waals surface area (Å²) in [5.74, 6) is -1.14. The van der Waals surface area contributed by atoms with Crippen LogP contribution in [0.25, 0.3) is 0 Å². The van der Waals surface area contributed by atoms with Crippen LogP contribution in [0.4, 0.5) is 4.79 Å². The molecule has 1 fully saturated rings. The summed E-state index contributed by atoms with van der Waals surface area (Å²) >= 11 is 6.01. The number of rotatable bonds is 5. The van der Waals surface area contributed by atoms with Gasteiger partial charge in [-0.05, 0) is 29.3 Å². The molecule has 1 aliphatic rings. The lowest BCUT2D eigenvalue weighted by Crippen LogP contribution is -2.32. The lowest BCUT2D eigenvalue weighted by atomic mass is 10.2. The Morgan fingerprint density at radius 3 is 2.48 bits per heavy atom. The normalized spacial score (nSPS) is 14.4. The number of hydrogen-bond acceptors (Lipinski definition) is 5. The summed E-state index contributed by atoms with van der Waals surface area (Å²) in [4.78, 5) is 42.5. The molecule has 0 radical (unpaired) electrons. The smallest absolute Gasteiger partial charge is 0.334 e. The quantitative estimate of drug-likeness (QED) is 0.604. The maximum atomic E-state index is 12.5. The number of urea groups is 1. The number of halogens is 1. The first kappa shape index (κ1) is 16.9. The third kappa shape index (κ3) is 3.32. The number of aromatic nitrogens is 1. The first-order valence-corrected chi connectivity index (χ1v) is 7.77. The van der Waals surface area contributed by atoms with Gasteiger partial charge in [-0.1, -0.05) is 23.7 Å². The van der Waals surface area contributed by atoms with E-state index >= 15 is 0 Å². The van der Waals surface area contributed by atoms with Gasteiger partial charge >= 0.3 is 17.8 Å². The Labute approximate surface area is 148 Å². The molecule has 2 heterocycles. The zero-order chi connectivity index (χ0) is 18.0. The Morgan fingerprint density at radius 2 is 1.80 bits per heavy atom. The van der Waals surface area contributed by atoms with Crippen molar-refractivity contribution in [1.29, 1.82) is 0 Å². The molecule has 1 aromatic heterocycles. The van der Waals surface area contributed by atoms with E-state index in [0.717, 1.165) is 9.80 Å². The molecule has 0 atom stereocenters. The van der Waals surface area contributed by atoms with Crippen LogP contribution >= 0.6 is 11.6 Å². The molecule has 128 valence electrons. The fourth-order valence-corrected chi connectivity index (χ4v) is 2.66. The van der Waals surface area contributed by atoms with Crippen LogP contribution in [0.15, 0.2) is 42.7 Å². The highest BCUT2D eigenvalue weighted by molar-refractivity contribution is 6.44. The van der Waals surface area contributed by atoms with Gasteiger partial charge in [0.25, 0.3) is 0 Å². The molecular weight excluding hydrogens is 346 g/mol. The van der Waals surface area contributed by atoms with Crippen LogP contribution < -0.4 is 4.74 Å². The summed E-state index contributed by atoms with van der Waals surface area (Å²) in [6.45, 7) is -0.0967. The van der Waals surface area contributed by atoms with Gasteiger partial charge in [-0.25, -0.2) is 4.79 Å². The van der Waals surface area contributed by atoms with Crippen LogP contribution in [-0.4, -0.2) is 39.7 Å². The molecule has 0 aliphatic carbocycles. The minimum absolute atomic E-state index is 0.0127. The van der Waals surface area contributed by atoms with E-state index in [0.29, 0.717) is 21.9 Å².